The second-order valence-corrected chi connectivity index (χ2v) is 7.03. The van der Waals surface area contributed by atoms with Gasteiger partial charge in [0, 0.05) is 19.5 Å². The summed E-state index contributed by atoms with van der Waals surface area (Å²) in [4.78, 5) is 9.14. The monoisotopic (exact) mass is 568 g/mol. The molecule has 0 aliphatic heterocycles. The molecule has 33 heavy (non-hydrogen) atoms. The summed E-state index contributed by atoms with van der Waals surface area (Å²) in [5.41, 5.74) is 1.08. The minimum Gasteiger partial charge on any atom is -0.490 e. The number of H-pyrrole nitrogens is 1. The van der Waals surface area contributed by atoms with Crippen molar-refractivity contribution in [2.75, 3.05) is 26.3 Å². The summed E-state index contributed by atoms with van der Waals surface area (Å²) in [6.07, 6.45) is 2.24. The Morgan fingerprint density at radius 2 is 1.94 bits per heavy atom. The normalized spacial score (nSPS) is 12.1. The maximum absolute atomic E-state index is 5.75. The van der Waals surface area contributed by atoms with Crippen LogP contribution in [0.4, 0.5) is 0 Å². The Balaban J connectivity index is 0.00000385. The molecule has 0 aliphatic rings. The van der Waals surface area contributed by atoms with E-state index in [0.29, 0.717) is 37.8 Å². The smallest absolute Gasteiger partial charge is 0.216 e. The van der Waals surface area contributed by atoms with Crippen LogP contribution in [0.2, 0.25) is 0 Å². The molecule has 2 aromatic heterocycles. The first-order valence-electron chi connectivity index (χ1n) is 11.0. The van der Waals surface area contributed by atoms with E-state index in [1.807, 2.05) is 51.1 Å². The lowest BCUT2D eigenvalue weighted by atomic mass is 10.1. The van der Waals surface area contributed by atoms with Crippen LogP contribution in [0.3, 0.4) is 0 Å². The van der Waals surface area contributed by atoms with Gasteiger partial charge in [-0.05, 0) is 57.5 Å². The van der Waals surface area contributed by atoms with Gasteiger partial charge < -0.3 is 24.5 Å². The number of aromatic nitrogens is 3. The van der Waals surface area contributed by atoms with Gasteiger partial charge in [-0.2, -0.15) is 5.10 Å². The van der Waals surface area contributed by atoms with Crippen molar-refractivity contribution in [3.63, 3.8) is 0 Å². The molecule has 0 saturated heterocycles. The Kier molecular flexibility index (Phi) is 11.0. The summed E-state index contributed by atoms with van der Waals surface area (Å²) < 4.78 is 16.7. The molecule has 1 unspecified atom stereocenters. The molecule has 0 saturated carbocycles. The fourth-order valence-corrected chi connectivity index (χ4v) is 3.14. The van der Waals surface area contributed by atoms with E-state index in [9.17, 15) is 0 Å². The largest absolute Gasteiger partial charge is 0.490 e. The molecule has 0 spiro atoms. The van der Waals surface area contributed by atoms with Crippen LogP contribution in [-0.2, 0) is 6.42 Å². The predicted octanol–water partition coefficient (Wildman–Crippen LogP) is 4.34. The second kappa shape index (κ2) is 13.7. The van der Waals surface area contributed by atoms with Crippen LogP contribution in [0, 0.1) is 0 Å². The van der Waals surface area contributed by atoms with E-state index in [2.05, 4.69) is 37.7 Å². The molecule has 0 aliphatic carbocycles. The highest BCUT2D eigenvalue weighted by molar-refractivity contribution is 14.0. The molecular weight excluding hydrogens is 535 g/mol. The molecule has 2 heterocycles. The summed E-state index contributed by atoms with van der Waals surface area (Å²) in [5.74, 6) is 4.19. The average Bonchev–Trinajstić information content (AvgIpc) is 3.47. The Morgan fingerprint density at radius 1 is 1.15 bits per heavy atom. The van der Waals surface area contributed by atoms with E-state index >= 15 is 0 Å². The van der Waals surface area contributed by atoms with Crippen molar-refractivity contribution in [2.24, 2.45) is 4.99 Å². The fraction of sp³-hybridized carbons (Fsp3) is 0.435. The summed E-state index contributed by atoms with van der Waals surface area (Å²) in [5, 5.41) is 13.9. The number of aliphatic imine (C=N–C) groups is 1. The lowest BCUT2D eigenvalue weighted by Crippen LogP contribution is -2.38. The molecule has 3 N–H and O–H groups in total. The van der Waals surface area contributed by atoms with Crippen LogP contribution >= 0.6 is 24.0 Å². The number of nitrogens with zero attached hydrogens (tertiary/aromatic N) is 3. The molecule has 180 valence electrons. The van der Waals surface area contributed by atoms with Gasteiger partial charge in [-0.25, -0.2) is 4.98 Å². The van der Waals surface area contributed by atoms with Crippen LogP contribution in [0.25, 0.3) is 11.6 Å². The molecule has 10 heteroatoms. The minimum absolute atomic E-state index is 0. The maximum Gasteiger partial charge on any atom is 0.216 e. The molecule has 9 nitrogen and oxygen atoms in total. The SMILES string of the molecule is CCNC(=NCCc1nc(-c2ccco2)n[nH]1)NC(C)c1ccc(OCC)c(OCC)c1.I. The number of benzene rings is 1. The van der Waals surface area contributed by atoms with Crippen LogP contribution in [0.15, 0.2) is 46.0 Å². The van der Waals surface area contributed by atoms with Gasteiger partial charge in [0.15, 0.2) is 23.2 Å². The molecule has 0 bridgehead atoms. The lowest BCUT2D eigenvalue weighted by Gasteiger charge is -2.20. The Morgan fingerprint density at radius 3 is 2.64 bits per heavy atom. The number of nitrogens with one attached hydrogen (secondary N) is 3. The molecule has 3 aromatic rings. The molecule has 3 rings (SSSR count). The number of furan rings is 1. The van der Waals surface area contributed by atoms with Crippen LogP contribution in [-0.4, -0.2) is 47.4 Å². The molecule has 0 amide bonds. The fourth-order valence-electron chi connectivity index (χ4n) is 3.14. The third-order valence-electron chi connectivity index (χ3n) is 4.66. The minimum atomic E-state index is 0. The van der Waals surface area contributed by atoms with E-state index in [-0.39, 0.29) is 30.0 Å². The summed E-state index contributed by atoms with van der Waals surface area (Å²) in [6.45, 7) is 10.6. The highest BCUT2D eigenvalue weighted by Gasteiger charge is 2.13. The Hall–Kier alpha value is -2.76. The summed E-state index contributed by atoms with van der Waals surface area (Å²) >= 11 is 0. The number of rotatable bonds is 11. The number of ether oxygens (including phenoxy) is 2. The van der Waals surface area contributed by atoms with Gasteiger partial charge in [-0.1, -0.05) is 6.07 Å². The van der Waals surface area contributed by atoms with E-state index in [1.165, 1.54) is 0 Å². The van der Waals surface area contributed by atoms with Gasteiger partial charge in [-0.15, -0.1) is 24.0 Å². The van der Waals surface area contributed by atoms with Crippen molar-refractivity contribution in [3.8, 4) is 23.1 Å². The molecule has 1 atom stereocenters. The predicted molar refractivity (Wildman–Crippen MR) is 140 cm³/mol. The van der Waals surface area contributed by atoms with Crippen LogP contribution in [0.1, 0.15) is 45.1 Å². The molecular formula is C23H33IN6O3. The van der Waals surface area contributed by atoms with E-state index in [0.717, 1.165) is 35.4 Å². The van der Waals surface area contributed by atoms with Crippen molar-refractivity contribution >= 4 is 29.9 Å². The zero-order valence-corrected chi connectivity index (χ0v) is 21.9. The van der Waals surface area contributed by atoms with E-state index < -0.39 is 0 Å². The van der Waals surface area contributed by atoms with Gasteiger partial charge in [-0.3, -0.25) is 10.1 Å². The first-order valence-corrected chi connectivity index (χ1v) is 11.0. The van der Waals surface area contributed by atoms with Crippen LogP contribution < -0.4 is 20.1 Å². The van der Waals surface area contributed by atoms with Crippen molar-refractivity contribution in [1.82, 2.24) is 25.8 Å². The highest BCUT2D eigenvalue weighted by Crippen LogP contribution is 2.30. The number of halogens is 1. The Labute approximate surface area is 211 Å². The third kappa shape index (κ3) is 7.65. The van der Waals surface area contributed by atoms with E-state index in [1.54, 1.807) is 6.26 Å². The quantitative estimate of drug-likeness (QED) is 0.179. The Bertz CT molecular complexity index is 990. The first kappa shape index (κ1) is 26.5. The van der Waals surface area contributed by atoms with Crippen molar-refractivity contribution in [2.45, 2.75) is 40.2 Å². The van der Waals surface area contributed by atoms with Gasteiger partial charge in [0.25, 0.3) is 0 Å². The summed E-state index contributed by atoms with van der Waals surface area (Å²) in [6, 6.07) is 9.68. The van der Waals surface area contributed by atoms with Gasteiger partial charge in [0.05, 0.1) is 25.5 Å². The van der Waals surface area contributed by atoms with Gasteiger partial charge in [0.1, 0.15) is 5.82 Å². The summed E-state index contributed by atoms with van der Waals surface area (Å²) in [7, 11) is 0. The number of hydrogen-bond acceptors (Lipinski definition) is 6. The van der Waals surface area contributed by atoms with Gasteiger partial charge in [0.2, 0.25) is 5.82 Å². The maximum atomic E-state index is 5.75. The number of guanidine groups is 1. The number of hydrogen-bond donors (Lipinski definition) is 3. The molecule has 0 radical (unpaired) electrons. The zero-order chi connectivity index (χ0) is 22.8. The third-order valence-corrected chi connectivity index (χ3v) is 4.66. The standard InChI is InChI=1S/C23H32N6O3.HI/c1-5-24-23(25-13-12-21-27-22(29-28-21)19-9-8-14-32-19)26-16(4)17-10-11-18(30-6-2)20(15-17)31-7-3;/h8-11,14-16H,5-7,12-13H2,1-4H3,(H2,24,25,26)(H,27,28,29);1H. The zero-order valence-electron chi connectivity index (χ0n) is 19.6. The topological polar surface area (TPSA) is 110 Å². The highest BCUT2D eigenvalue weighted by atomic mass is 127. The molecule has 0 fully saturated rings. The van der Waals surface area contributed by atoms with Crippen molar-refractivity contribution < 1.29 is 13.9 Å². The first-order chi connectivity index (χ1) is 15.6. The van der Waals surface area contributed by atoms with Crippen molar-refractivity contribution in [3.05, 3.63) is 48.0 Å². The van der Waals surface area contributed by atoms with Gasteiger partial charge >= 0.3 is 0 Å². The van der Waals surface area contributed by atoms with Crippen molar-refractivity contribution in [1.29, 1.82) is 0 Å². The van der Waals surface area contributed by atoms with Crippen LogP contribution in [0.5, 0.6) is 11.5 Å². The van der Waals surface area contributed by atoms with E-state index in [4.69, 9.17) is 13.9 Å². The average molecular weight is 568 g/mol. The lowest BCUT2D eigenvalue weighted by molar-refractivity contribution is 0.287. The second-order valence-electron chi connectivity index (χ2n) is 7.03. The number of aromatic amines is 1. The molecule has 1 aromatic carbocycles.